The fourth-order valence-electron chi connectivity index (χ4n) is 2.67. The molecule has 2 rings (SSSR count). The summed E-state index contributed by atoms with van der Waals surface area (Å²) in [5, 5.41) is 8.93. The van der Waals surface area contributed by atoms with Crippen molar-refractivity contribution in [1.82, 2.24) is 9.62 Å². The van der Waals surface area contributed by atoms with Gasteiger partial charge >= 0.3 is 12.1 Å². The number of halogens is 4. The highest BCUT2D eigenvalue weighted by molar-refractivity contribution is 7.89. The smallest absolute Gasteiger partial charge is 0.393 e. The number of benzene rings is 1. The molecule has 2 N–H and O–H groups in total. The van der Waals surface area contributed by atoms with Crippen molar-refractivity contribution in [3.8, 4) is 0 Å². The number of hydrogen-bond donors (Lipinski definition) is 2. The average Bonchev–Trinajstić information content (AvgIpc) is 2.93. The Balaban J connectivity index is 0.00000312. The average molecular weight is 403 g/mol. The van der Waals surface area contributed by atoms with E-state index in [-0.39, 0.29) is 36.9 Å². The van der Waals surface area contributed by atoms with Crippen LogP contribution in [0.4, 0.5) is 13.2 Å². The predicted molar refractivity (Wildman–Crippen MR) is 86.0 cm³/mol. The minimum atomic E-state index is -4.60. The molecular weight excluding hydrogens is 385 g/mol. The first-order valence-corrected chi connectivity index (χ1v) is 8.66. The second kappa shape index (κ2) is 8.35. The van der Waals surface area contributed by atoms with Gasteiger partial charge in [0.15, 0.2) is 0 Å². The van der Waals surface area contributed by atoms with Crippen molar-refractivity contribution >= 4 is 28.4 Å². The summed E-state index contributed by atoms with van der Waals surface area (Å²) in [6, 6.07) is 7.57. The number of alkyl halides is 3. The maximum Gasteiger partial charge on any atom is 0.393 e. The molecule has 1 aromatic carbocycles. The van der Waals surface area contributed by atoms with E-state index < -0.39 is 40.5 Å². The van der Waals surface area contributed by atoms with Crippen LogP contribution in [-0.4, -0.2) is 56.7 Å². The van der Waals surface area contributed by atoms with Crippen LogP contribution in [0.5, 0.6) is 0 Å². The SMILES string of the molecule is Cl.O=C(O)[C@@H]1CN(CCNS(=O)(=O)c2ccccc2)C[C@H]1C(F)(F)F. The third-order valence-corrected chi connectivity index (χ3v) is 5.38. The van der Waals surface area contributed by atoms with E-state index in [1.54, 1.807) is 18.2 Å². The number of hydrogen-bond acceptors (Lipinski definition) is 4. The van der Waals surface area contributed by atoms with Crippen molar-refractivity contribution in [2.75, 3.05) is 26.2 Å². The molecule has 0 aromatic heterocycles. The Morgan fingerprint density at radius 3 is 2.32 bits per heavy atom. The van der Waals surface area contributed by atoms with Crippen molar-refractivity contribution < 1.29 is 31.5 Å². The molecule has 0 amide bonds. The molecule has 1 aliphatic rings. The molecule has 0 saturated carbocycles. The van der Waals surface area contributed by atoms with Crippen LogP contribution in [0.1, 0.15) is 0 Å². The largest absolute Gasteiger partial charge is 0.481 e. The van der Waals surface area contributed by atoms with E-state index in [0.29, 0.717) is 0 Å². The monoisotopic (exact) mass is 402 g/mol. The van der Waals surface area contributed by atoms with Gasteiger partial charge in [-0.05, 0) is 12.1 Å². The molecule has 1 aromatic rings. The Kier molecular flexibility index (Phi) is 7.24. The van der Waals surface area contributed by atoms with Crippen LogP contribution >= 0.6 is 12.4 Å². The number of carboxylic acids is 1. The van der Waals surface area contributed by atoms with Gasteiger partial charge in [-0.1, -0.05) is 18.2 Å². The van der Waals surface area contributed by atoms with Crippen LogP contribution < -0.4 is 4.72 Å². The zero-order valence-electron chi connectivity index (χ0n) is 12.9. The number of likely N-dealkylation sites (tertiary alicyclic amines) is 1. The molecule has 1 saturated heterocycles. The van der Waals surface area contributed by atoms with E-state index in [9.17, 15) is 26.4 Å². The summed E-state index contributed by atoms with van der Waals surface area (Å²) < 4.78 is 64.9. The van der Waals surface area contributed by atoms with Gasteiger partial charge in [0.2, 0.25) is 10.0 Å². The van der Waals surface area contributed by atoms with Crippen LogP contribution in [0.3, 0.4) is 0 Å². The Hall–Kier alpha value is -1.36. The van der Waals surface area contributed by atoms with Crippen molar-refractivity contribution in [3.63, 3.8) is 0 Å². The van der Waals surface area contributed by atoms with Gasteiger partial charge in [0.25, 0.3) is 0 Å². The summed E-state index contributed by atoms with van der Waals surface area (Å²) in [6.45, 7) is -0.809. The summed E-state index contributed by atoms with van der Waals surface area (Å²) in [5.74, 6) is -4.97. The van der Waals surface area contributed by atoms with Crippen molar-refractivity contribution in [2.45, 2.75) is 11.1 Å². The normalized spacial score (nSPS) is 21.7. The molecule has 1 fully saturated rings. The summed E-state index contributed by atoms with van der Waals surface area (Å²) in [4.78, 5) is 12.4. The number of aliphatic carboxylic acids is 1. The summed E-state index contributed by atoms with van der Waals surface area (Å²) in [5.41, 5.74) is 0. The molecule has 11 heteroatoms. The fraction of sp³-hybridized carbons (Fsp3) is 0.500. The minimum Gasteiger partial charge on any atom is -0.481 e. The standard InChI is InChI=1S/C14H17F3N2O4S.ClH/c15-14(16,17)12-9-19(8-11(12)13(20)21)7-6-18-24(22,23)10-4-2-1-3-5-10;/h1-5,11-12,18H,6-9H2,(H,20,21);1H/t11-,12-;/m1./s1. The Labute approximate surface area is 149 Å². The molecule has 142 valence electrons. The Bertz CT molecular complexity index is 685. The van der Waals surface area contributed by atoms with Crippen LogP contribution in [0.2, 0.25) is 0 Å². The van der Waals surface area contributed by atoms with E-state index in [1.165, 1.54) is 17.0 Å². The Morgan fingerprint density at radius 1 is 1.24 bits per heavy atom. The predicted octanol–water partition coefficient (Wildman–Crippen LogP) is 1.58. The van der Waals surface area contributed by atoms with Gasteiger partial charge in [-0.15, -0.1) is 12.4 Å². The zero-order chi connectivity index (χ0) is 18.0. The molecule has 6 nitrogen and oxygen atoms in total. The van der Waals surface area contributed by atoms with Crippen molar-refractivity contribution in [2.24, 2.45) is 11.8 Å². The number of rotatable bonds is 6. The molecule has 0 spiro atoms. The van der Waals surface area contributed by atoms with Crippen LogP contribution in [-0.2, 0) is 14.8 Å². The maximum absolute atomic E-state index is 12.9. The Morgan fingerprint density at radius 2 is 1.84 bits per heavy atom. The second-order valence-corrected chi connectivity index (χ2v) is 7.33. The van der Waals surface area contributed by atoms with Gasteiger partial charge in [-0.25, -0.2) is 13.1 Å². The molecule has 2 atom stereocenters. The van der Waals surface area contributed by atoms with E-state index in [0.717, 1.165) is 0 Å². The van der Waals surface area contributed by atoms with E-state index in [1.807, 2.05) is 0 Å². The number of nitrogens with one attached hydrogen (secondary N) is 1. The van der Waals surface area contributed by atoms with Gasteiger partial charge in [0, 0.05) is 26.2 Å². The van der Waals surface area contributed by atoms with Gasteiger partial charge in [0.05, 0.1) is 16.7 Å². The third-order valence-electron chi connectivity index (χ3n) is 3.91. The quantitative estimate of drug-likeness (QED) is 0.754. The highest BCUT2D eigenvalue weighted by atomic mass is 35.5. The lowest BCUT2D eigenvalue weighted by molar-refractivity contribution is -0.188. The van der Waals surface area contributed by atoms with Gasteiger partial charge < -0.3 is 10.0 Å². The first kappa shape index (κ1) is 21.7. The van der Waals surface area contributed by atoms with E-state index in [4.69, 9.17) is 5.11 Å². The molecule has 0 unspecified atom stereocenters. The zero-order valence-corrected chi connectivity index (χ0v) is 14.6. The molecule has 0 bridgehead atoms. The molecule has 1 aliphatic heterocycles. The van der Waals surface area contributed by atoms with E-state index >= 15 is 0 Å². The lowest BCUT2D eigenvalue weighted by Gasteiger charge is -2.18. The first-order chi connectivity index (χ1) is 11.1. The van der Waals surface area contributed by atoms with Crippen LogP contribution in [0.25, 0.3) is 0 Å². The molecule has 0 radical (unpaired) electrons. The summed E-state index contributed by atoms with van der Waals surface area (Å²) in [7, 11) is -3.74. The lowest BCUT2D eigenvalue weighted by atomic mass is 9.96. The maximum atomic E-state index is 12.9. The molecule has 25 heavy (non-hydrogen) atoms. The van der Waals surface area contributed by atoms with Crippen molar-refractivity contribution in [3.05, 3.63) is 30.3 Å². The third kappa shape index (κ3) is 5.56. The van der Waals surface area contributed by atoms with E-state index in [2.05, 4.69) is 4.72 Å². The lowest BCUT2D eigenvalue weighted by Crippen LogP contribution is -2.35. The second-order valence-electron chi connectivity index (χ2n) is 5.56. The number of carboxylic acid groups (broad SMARTS) is 1. The fourth-order valence-corrected chi connectivity index (χ4v) is 3.71. The number of sulfonamides is 1. The van der Waals surface area contributed by atoms with Gasteiger partial charge in [-0.2, -0.15) is 13.2 Å². The highest BCUT2D eigenvalue weighted by Crippen LogP contribution is 2.37. The van der Waals surface area contributed by atoms with Crippen LogP contribution in [0, 0.1) is 11.8 Å². The summed E-state index contributed by atoms with van der Waals surface area (Å²) >= 11 is 0. The molecular formula is C14H18ClF3N2O4S. The molecule has 1 heterocycles. The van der Waals surface area contributed by atoms with Gasteiger partial charge in [0.1, 0.15) is 0 Å². The number of nitrogens with zero attached hydrogens (tertiary/aromatic N) is 1. The highest BCUT2D eigenvalue weighted by Gasteiger charge is 2.52. The molecule has 0 aliphatic carbocycles. The minimum absolute atomic E-state index is 0. The number of carbonyl (C=O) groups is 1. The van der Waals surface area contributed by atoms with Gasteiger partial charge in [-0.3, -0.25) is 4.79 Å². The van der Waals surface area contributed by atoms with Crippen LogP contribution in [0.15, 0.2) is 35.2 Å². The van der Waals surface area contributed by atoms with Crippen molar-refractivity contribution in [1.29, 1.82) is 0 Å². The first-order valence-electron chi connectivity index (χ1n) is 7.18. The summed E-state index contributed by atoms with van der Waals surface area (Å²) in [6.07, 6.45) is -4.60. The topological polar surface area (TPSA) is 86.7 Å².